The summed E-state index contributed by atoms with van der Waals surface area (Å²) in [5.74, 6) is -0.771. The minimum atomic E-state index is -0.771. The molecule has 3 nitrogen and oxygen atoms in total. The fraction of sp³-hybridized carbons (Fsp3) is 0.296. The van der Waals surface area contributed by atoms with E-state index in [-0.39, 0.29) is 6.42 Å². The third-order valence-electron chi connectivity index (χ3n) is 6.38. The summed E-state index contributed by atoms with van der Waals surface area (Å²) < 4.78 is 0. The van der Waals surface area contributed by atoms with Gasteiger partial charge in [-0.25, -0.2) is 0 Å². The van der Waals surface area contributed by atoms with E-state index < -0.39 is 5.97 Å². The van der Waals surface area contributed by atoms with Crippen molar-refractivity contribution in [2.45, 2.75) is 46.7 Å². The number of carboxylic acid groups (broad SMARTS) is 1. The molecule has 0 fully saturated rings. The average Bonchev–Trinajstić information content (AvgIpc) is 2.73. The maximum absolute atomic E-state index is 11.7. The second-order valence-corrected chi connectivity index (χ2v) is 8.44. The van der Waals surface area contributed by atoms with Gasteiger partial charge in [0, 0.05) is 19.6 Å². The average molecular weight is 400 g/mol. The normalized spacial score (nSPS) is 13.8. The van der Waals surface area contributed by atoms with Gasteiger partial charge in [0.2, 0.25) is 0 Å². The molecule has 3 heteroatoms. The molecule has 1 aliphatic heterocycles. The molecule has 1 aliphatic rings. The molecule has 0 saturated carbocycles. The molecule has 0 saturated heterocycles. The lowest BCUT2D eigenvalue weighted by Gasteiger charge is -2.33. The number of aryl methyl sites for hydroxylation is 1. The van der Waals surface area contributed by atoms with Crippen LogP contribution >= 0.6 is 0 Å². The van der Waals surface area contributed by atoms with Crippen LogP contribution in [0, 0.1) is 20.8 Å². The first kappa shape index (κ1) is 20.4. The number of nitrogens with zero attached hydrogens (tertiary/aromatic N) is 1. The van der Waals surface area contributed by atoms with Gasteiger partial charge in [0.1, 0.15) is 0 Å². The highest BCUT2D eigenvalue weighted by molar-refractivity contribution is 5.81. The van der Waals surface area contributed by atoms with Crippen LogP contribution in [0.5, 0.6) is 0 Å². The maximum atomic E-state index is 11.7. The molecule has 1 heterocycles. The number of hydrogen-bond donors (Lipinski definition) is 1. The number of fused-ring (bicyclic) bond motifs is 1. The molecule has 0 bridgehead atoms. The summed E-state index contributed by atoms with van der Waals surface area (Å²) in [7, 11) is 0. The Morgan fingerprint density at radius 1 is 0.933 bits per heavy atom. The van der Waals surface area contributed by atoms with Crippen molar-refractivity contribution in [1.82, 2.24) is 4.90 Å². The third kappa shape index (κ3) is 4.03. The van der Waals surface area contributed by atoms with Gasteiger partial charge in [-0.2, -0.15) is 0 Å². The summed E-state index contributed by atoms with van der Waals surface area (Å²) in [4.78, 5) is 14.2. The summed E-state index contributed by atoms with van der Waals surface area (Å²) >= 11 is 0. The van der Waals surface area contributed by atoms with E-state index in [2.05, 4.69) is 80.3 Å². The molecule has 0 amide bonds. The summed E-state index contributed by atoms with van der Waals surface area (Å²) in [5.41, 5.74) is 10.8. The predicted octanol–water partition coefficient (Wildman–Crippen LogP) is 5.46. The van der Waals surface area contributed by atoms with E-state index in [0.717, 1.165) is 48.3 Å². The van der Waals surface area contributed by atoms with Gasteiger partial charge in [0.25, 0.3) is 0 Å². The Morgan fingerprint density at radius 2 is 1.63 bits per heavy atom. The van der Waals surface area contributed by atoms with E-state index in [1.165, 1.54) is 27.8 Å². The van der Waals surface area contributed by atoms with Crippen LogP contribution in [0.25, 0.3) is 11.1 Å². The Kier molecular flexibility index (Phi) is 5.74. The summed E-state index contributed by atoms with van der Waals surface area (Å²) in [6, 6.07) is 19.1. The topological polar surface area (TPSA) is 40.5 Å². The van der Waals surface area contributed by atoms with E-state index in [0.29, 0.717) is 0 Å². The first-order valence-corrected chi connectivity index (χ1v) is 10.6. The zero-order valence-corrected chi connectivity index (χ0v) is 18.0. The van der Waals surface area contributed by atoms with Crippen molar-refractivity contribution in [2.24, 2.45) is 0 Å². The zero-order chi connectivity index (χ0) is 21.3. The molecule has 0 unspecified atom stereocenters. The van der Waals surface area contributed by atoms with Gasteiger partial charge in [-0.3, -0.25) is 9.69 Å². The van der Waals surface area contributed by atoms with Crippen LogP contribution in [0.4, 0.5) is 0 Å². The van der Waals surface area contributed by atoms with Crippen LogP contribution in [-0.4, -0.2) is 22.5 Å². The van der Waals surface area contributed by atoms with Crippen molar-refractivity contribution in [3.63, 3.8) is 0 Å². The van der Waals surface area contributed by atoms with E-state index in [1.54, 1.807) is 0 Å². The number of hydrogen-bond acceptors (Lipinski definition) is 2. The molecule has 0 aliphatic carbocycles. The Hall–Kier alpha value is -2.91. The van der Waals surface area contributed by atoms with Gasteiger partial charge in [0.05, 0.1) is 6.42 Å². The summed E-state index contributed by atoms with van der Waals surface area (Å²) in [6.45, 7) is 9.21. The Bertz CT molecular complexity index is 1070. The molecule has 0 aromatic heterocycles. The van der Waals surface area contributed by atoms with Crippen molar-refractivity contribution in [1.29, 1.82) is 0 Å². The Labute approximate surface area is 179 Å². The first-order valence-electron chi connectivity index (χ1n) is 10.6. The molecular formula is C27H29NO2. The largest absolute Gasteiger partial charge is 0.481 e. The molecular weight excluding hydrogens is 370 g/mol. The fourth-order valence-electron chi connectivity index (χ4n) is 4.78. The van der Waals surface area contributed by atoms with Crippen molar-refractivity contribution in [2.75, 3.05) is 6.54 Å². The van der Waals surface area contributed by atoms with Gasteiger partial charge in [-0.1, -0.05) is 60.2 Å². The zero-order valence-electron chi connectivity index (χ0n) is 18.0. The number of aliphatic carboxylic acids is 1. The van der Waals surface area contributed by atoms with Gasteiger partial charge in [0.15, 0.2) is 0 Å². The van der Waals surface area contributed by atoms with Crippen molar-refractivity contribution >= 4 is 5.97 Å². The Balaban J connectivity index is 1.79. The lowest BCUT2D eigenvalue weighted by Crippen LogP contribution is -2.31. The lowest BCUT2D eigenvalue weighted by atomic mass is 9.81. The monoisotopic (exact) mass is 399 g/mol. The molecule has 0 radical (unpaired) electrons. The second kappa shape index (κ2) is 8.45. The molecule has 30 heavy (non-hydrogen) atoms. The number of carbonyl (C=O) groups is 1. The van der Waals surface area contributed by atoms with Crippen LogP contribution in [0.2, 0.25) is 0 Å². The number of benzene rings is 3. The highest BCUT2D eigenvalue weighted by atomic mass is 16.4. The van der Waals surface area contributed by atoms with Gasteiger partial charge < -0.3 is 5.11 Å². The molecule has 1 N–H and O–H groups in total. The molecule has 4 rings (SSSR count). The molecule has 3 aromatic rings. The van der Waals surface area contributed by atoms with Crippen LogP contribution in [0.1, 0.15) is 38.9 Å². The van der Waals surface area contributed by atoms with Gasteiger partial charge in [-0.15, -0.1) is 0 Å². The van der Waals surface area contributed by atoms with E-state index in [4.69, 9.17) is 0 Å². The van der Waals surface area contributed by atoms with E-state index >= 15 is 0 Å². The van der Waals surface area contributed by atoms with Crippen molar-refractivity contribution in [3.05, 3.63) is 93.5 Å². The number of rotatable bonds is 5. The summed E-state index contributed by atoms with van der Waals surface area (Å²) in [5, 5.41) is 9.60. The van der Waals surface area contributed by atoms with Crippen LogP contribution in [-0.2, 0) is 30.7 Å². The first-order chi connectivity index (χ1) is 14.4. The van der Waals surface area contributed by atoms with Crippen LogP contribution in [0.3, 0.4) is 0 Å². The maximum Gasteiger partial charge on any atom is 0.307 e. The second-order valence-electron chi connectivity index (χ2n) is 8.44. The van der Waals surface area contributed by atoms with Gasteiger partial charge in [-0.05, 0) is 71.7 Å². The number of carboxylic acids is 1. The van der Waals surface area contributed by atoms with E-state index in [9.17, 15) is 9.90 Å². The third-order valence-corrected chi connectivity index (χ3v) is 6.38. The Morgan fingerprint density at radius 3 is 2.30 bits per heavy atom. The molecule has 0 atom stereocenters. The van der Waals surface area contributed by atoms with Crippen molar-refractivity contribution < 1.29 is 9.90 Å². The van der Waals surface area contributed by atoms with Crippen LogP contribution in [0.15, 0.2) is 54.6 Å². The minimum absolute atomic E-state index is 0.0664. The lowest BCUT2D eigenvalue weighted by molar-refractivity contribution is -0.136. The SMILES string of the molecule is Cc1ccc(-c2c(C)c3c(c(C)c2CC(=O)O)CCN(Cc2ccccc2)C3)cc1. The highest BCUT2D eigenvalue weighted by Gasteiger charge is 2.26. The van der Waals surface area contributed by atoms with Gasteiger partial charge >= 0.3 is 5.97 Å². The van der Waals surface area contributed by atoms with Crippen LogP contribution < -0.4 is 0 Å². The molecule has 154 valence electrons. The standard InChI is InChI=1S/C27H29NO2/c1-18-9-11-22(12-10-18)27-20(3)25-17-28(16-21-7-5-4-6-8-21)14-13-23(25)19(2)24(27)15-26(29)30/h4-12H,13-17H2,1-3H3,(H,29,30). The predicted molar refractivity (Wildman–Crippen MR) is 122 cm³/mol. The molecule has 0 spiro atoms. The fourth-order valence-corrected chi connectivity index (χ4v) is 4.78. The highest BCUT2D eigenvalue weighted by Crippen LogP contribution is 2.38. The van der Waals surface area contributed by atoms with E-state index in [1.807, 2.05) is 0 Å². The van der Waals surface area contributed by atoms with Crippen molar-refractivity contribution in [3.8, 4) is 11.1 Å². The quantitative estimate of drug-likeness (QED) is 0.619. The summed E-state index contributed by atoms with van der Waals surface area (Å²) in [6.07, 6.45) is 1.03. The minimum Gasteiger partial charge on any atom is -0.481 e. The molecule has 3 aromatic carbocycles. The smallest absolute Gasteiger partial charge is 0.307 e.